The highest BCUT2D eigenvalue weighted by Gasteiger charge is 2.05. The number of rotatable bonds is 1. The molecule has 0 unspecified atom stereocenters. The van der Waals surface area contributed by atoms with Crippen LogP contribution in [0.4, 0.5) is 0 Å². The first-order chi connectivity index (χ1) is 5.79. The summed E-state index contributed by atoms with van der Waals surface area (Å²) in [6, 6.07) is 8.32. The van der Waals surface area contributed by atoms with Gasteiger partial charge >= 0.3 is 0 Å². The Balaban J connectivity index is 2.70. The number of nitrogens with one attached hydrogen (secondary N) is 1. The van der Waals surface area contributed by atoms with Crippen molar-refractivity contribution in [1.82, 2.24) is 4.98 Å². The summed E-state index contributed by atoms with van der Waals surface area (Å²) in [4.78, 5) is 3.14. The summed E-state index contributed by atoms with van der Waals surface area (Å²) in [5.74, 6) is 0.543. The van der Waals surface area contributed by atoms with Crippen molar-refractivity contribution in [2.45, 2.75) is 19.8 Å². The van der Waals surface area contributed by atoms with Gasteiger partial charge in [0.2, 0.25) is 0 Å². The largest absolute Gasteiger partial charge is 0.353 e. The van der Waals surface area contributed by atoms with E-state index in [0.717, 1.165) is 0 Å². The summed E-state index contributed by atoms with van der Waals surface area (Å²) < 4.78 is 0. The van der Waals surface area contributed by atoms with Crippen molar-refractivity contribution in [3.8, 4) is 0 Å². The van der Waals surface area contributed by atoms with Crippen LogP contribution in [0.15, 0.2) is 24.3 Å². The summed E-state index contributed by atoms with van der Waals surface area (Å²) in [6.45, 7) is 4.37. The van der Waals surface area contributed by atoms with Gasteiger partial charge in [-0.15, -0.1) is 0 Å². The summed E-state index contributed by atoms with van der Waals surface area (Å²) in [7, 11) is 0. The molecule has 12 heavy (non-hydrogen) atoms. The van der Waals surface area contributed by atoms with E-state index in [1.54, 1.807) is 0 Å². The second-order valence-electron chi connectivity index (χ2n) is 3.36. The quantitative estimate of drug-likeness (QED) is 0.656. The molecule has 1 N–H and O–H groups in total. The van der Waals surface area contributed by atoms with Crippen LogP contribution in [-0.4, -0.2) is 4.98 Å². The van der Waals surface area contributed by atoms with Crippen molar-refractivity contribution >= 4 is 10.9 Å². The van der Waals surface area contributed by atoms with Crippen molar-refractivity contribution in [3.63, 3.8) is 0 Å². The minimum absolute atomic E-state index is 0.543. The van der Waals surface area contributed by atoms with Crippen LogP contribution in [0.3, 0.4) is 0 Å². The Morgan fingerprint density at radius 3 is 2.75 bits per heavy atom. The number of fused-ring (bicyclic) bond motifs is 1. The predicted molar refractivity (Wildman–Crippen MR) is 51.2 cm³/mol. The maximum Gasteiger partial charge on any atom is 0.0668 e. The molecule has 2 rings (SSSR count). The minimum Gasteiger partial charge on any atom is -0.353 e. The lowest BCUT2D eigenvalue weighted by Gasteiger charge is -2.00. The molecule has 61 valence electrons. The van der Waals surface area contributed by atoms with E-state index in [2.05, 4.69) is 43.2 Å². The van der Waals surface area contributed by atoms with E-state index in [9.17, 15) is 0 Å². The first-order valence-electron chi connectivity index (χ1n) is 4.27. The van der Waals surface area contributed by atoms with Crippen molar-refractivity contribution in [1.29, 1.82) is 0 Å². The van der Waals surface area contributed by atoms with Crippen LogP contribution in [0.2, 0.25) is 0 Å². The van der Waals surface area contributed by atoms with Gasteiger partial charge in [0, 0.05) is 10.9 Å². The molecular weight excluding hydrogens is 146 g/mol. The van der Waals surface area contributed by atoms with Gasteiger partial charge in [0.15, 0.2) is 0 Å². The molecule has 1 nitrogen and oxygen atoms in total. The fraction of sp³-hybridized carbons (Fsp3) is 0.273. The lowest BCUT2D eigenvalue weighted by atomic mass is 10.0. The average Bonchev–Trinajstić information content (AvgIpc) is 2.47. The third-order valence-corrected chi connectivity index (χ3v) is 2.13. The zero-order chi connectivity index (χ0) is 8.55. The van der Waals surface area contributed by atoms with Crippen LogP contribution in [0.25, 0.3) is 10.9 Å². The zero-order valence-electron chi connectivity index (χ0n) is 7.39. The molecule has 0 aliphatic rings. The highest BCUT2D eigenvalue weighted by atomic mass is 14.7. The third kappa shape index (κ3) is 1.02. The SMILES string of the molecule is CC(C)c1[c][nH]c2ccccc12. The van der Waals surface area contributed by atoms with Gasteiger partial charge in [0.1, 0.15) is 0 Å². The van der Waals surface area contributed by atoms with Crippen molar-refractivity contribution in [2.75, 3.05) is 0 Å². The highest BCUT2D eigenvalue weighted by molar-refractivity contribution is 5.83. The first-order valence-corrected chi connectivity index (χ1v) is 4.27. The van der Waals surface area contributed by atoms with E-state index in [0.29, 0.717) is 5.92 Å². The minimum atomic E-state index is 0.543. The van der Waals surface area contributed by atoms with E-state index >= 15 is 0 Å². The van der Waals surface area contributed by atoms with E-state index in [1.807, 2.05) is 6.07 Å². The van der Waals surface area contributed by atoms with Gasteiger partial charge in [0.25, 0.3) is 0 Å². The Hall–Kier alpha value is -1.24. The van der Waals surface area contributed by atoms with Crippen LogP contribution >= 0.6 is 0 Å². The maximum atomic E-state index is 3.19. The van der Waals surface area contributed by atoms with Crippen molar-refractivity contribution < 1.29 is 0 Å². The number of hydrogen-bond donors (Lipinski definition) is 1. The molecule has 0 aliphatic heterocycles. The Morgan fingerprint density at radius 1 is 1.25 bits per heavy atom. The molecule has 1 heteroatoms. The summed E-state index contributed by atoms with van der Waals surface area (Å²) in [5, 5.41) is 1.30. The Bertz CT molecular complexity index is 385. The smallest absolute Gasteiger partial charge is 0.0668 e. The number of para-hydroxylation sites is 1. The molecule has 0 fully saturated rings. The second-order valence-corrected chi connectivity index (χ2v) is 3.36. The molecule has 1 heterocycles. The van der Waals surface area contributed by atoms with Gasteiger partial charge in [-0.05, 0) is 17.5 Å². The number of aromatic nitrogens is 1. The van der Waals surface area contributed by atoms with Gasteiger partial charge in [-0.3, -0.25) is 0 Å². The fourth-order valence-corrected chi connectivity index (χ4v) is 1.48. The second kappa shape index (κ2) is 2.67. The van der Waals surface area contributed by atoms with Gasteiger partial charge in [-0.25, -0.2) is 0 Å². The van der Waals surface area contributed by atoms with Gasteiger partial charge < -0.3 is 4.98 Å². The molecule has 1 aromatic carbocycles. The summed E-state index contributed by atoms with van der Waals surface area (Å²) in [6.07, 6.45) is 3.19. The molecule has 0 atom stereocenters. The van der Waals surface area contributed by atoms with E-state index in [1.165, 1.54) is 16.5 Å². The molecule has 1 radical (unpaired) electrons. The molecule has 0 saturated carbocycles. The normalized spacial score (nSPS) is 11.2. The van der Waals surface area contributed by atoms with Gasteiger partial charge in [0.05, 0.1) is 6.20 Å². The van der Waals surface area contributed by atoms with E-state index in [-0.39, 0.29) is 0 Å². The molecule has 0 saturated heterocycles. The van der Waals surface area contributed by atoms with E-state index < -0.39 is 0 Å². The Labute approximate surface area is 72.4 Å². The zero-order valence-corrected chi connectivity index (χ0v) is 7.39. The Kier molecular flexibility index (Phi) is 1.65. The fourth-order valence-electron chi connectivity index (χ4n) is 1.48. The van der Waals surface area contributed by atoms with Crippen LogP contribution in [0.1, 0.15) is 25.3 Å². The average molecular weight is 158 g/mol. The monoisotopic (exact) mass is 158 g/mol. The third-order valence-electron chi connectivity index (χ3n) is 2.13. The predicted octanol–water partition coefficient (Wildman–Crippen LogP) is 3.09. The van der Waals surface area contributed by atoms with Crippen LogP contribution in [0.5, 0.6) is 0 Å². The first kappa shape index (κ1) is 7.41. The van der Waals surface area contributed by atoms with Crippen molar-refractivity contribution in [2.24, 2.45) is 0 Å². The molecule has 0 spiro atoms. The lowest BCUT2D eigenvalue weighted by Crippen LogP contribution is -1.83. The van der Waals surface area contributed by atoms with Gasteiger partial charge in [-0.1, -0.05) is 32.0 Å². The maximum absolute atomic E-state index is 3.19. The number of H-pyrrole nitrogens is 1. The van der Waals surface area contributed by atoms with Crippen LogP contribution < -0.4 is 0 Å². The highest BCUT2D eigenvalue weighted by Crippen LogP contribution is 2.23. The molecule has 0 amide bonds. The molecule has 1 aromatic heterocycles. The Morgan fingerprint density at radius 2 is 2.00 bits per heavy atom. The van der Waals surface area contributed by atoms with Crippen LogP contribution in [-0.2, 0) is 0 Å². The molecular formula is C11H12N. The van der Waals surface area contributed by atoms with Gasteiger partial charge in [-0.2, -0.15) is 0 Å². The van der Waals surface area contributed by atoms with Crippen LogP contribution in [0, 0.1) is 6.20 Å². The summed E-state index contributed by atoms with van der Waals surface area (Å²) in [5.41, 5.74) is 2.46. The van der Waals surface area contributed by atoms with E-state index in [4.69, 9.17) is 0 Å². The molecule has 0 aliphatic carbocycles. The number of aromatic amines is 1. The standard InChI is InChI=1S/C11H12N/c1-8(2)10-7-12-11-6-4-3-5-9(10)11/h3-6,8,12H,1-2H3. The molecule has 0 bridgehead atoms. The van der Waals surface area contributed by atoms with Crippen molar-refractivity contribution in [3.05, 3.63) is 36.0 Å². The molecule has 2 aromatic rings. The lowest BCUT2D eigenvalue weighted by molar-refractivity contribution is 0.873. The summed E-state index contributed by atoms with van der Waals surface area (Å²) >= 11 is 0. The number of benzene rings is 1. The topological polar surface area (TPSA) is 15.8 Å². The number of hydrogen-bond acceptors (Lipinski definition) is 0.